The number of aryl methyl sites for hydroxylation is 3. The van der Waals surface area contributed by atoms with Crippen LogP contribution >= 0.6 is 0 Å². The van der Waals surface area contributed by atoms with E-state index in [2.05, 4.69) is 18.9 Å². The Hall–Kier alpha value is -7.23. The average Bonchev–Trinajstić information content (AvgIpc) is 3.27. The first-order chi connectivity index (χ1) is 33.4. The summed E-state index contributed by atoms with van der Waals surface area (Å²) in [6, 6.07) is 19.2. The zero-order valence-corrected chi connectivity index (χ0v) is 37.8. The fourth-order valence-corrected chi connectivity index (χ4v) is 6.93. The summed E-state index contributed by atoms with van der Waals surface area (Å²) in [6.07, 6.45) is -18.8. The van der Waals surface area contributed by atoms with E-state index >= 15 is 0 Å². The summed E-state index contributed by atoms with van der Waals surface area (Å²) in [7, 11) is -4.65. The van der Waals surface area contributed by atoms with Gasteiger partial charge < -0.3 is 9.84 Å². The van der Waals surface area contributed by atoms with E-state index < -0.39 is 104 Å². The number of aromatic nitrogens is 4. The molecule has 11 nitrogen and oxygen atoms in total. The molecule has 0 aliphatic carbocycles. The molecule has 0 bridgehead atoms. The van der Waals surface area contributed by atoms with Gasteiger partial charge in [0.15, 0.2) is 18.0 Å². The zero-order chi connectivity index (χ0) is 54.9. The van der Waals surface area contributed by atoms with Gasteiger partial charge in [0.1, 0.15) is 29.4 Å². The zero-order valence-electron chi connectivity index (χ0n) is 36.9. The molecule has 0 spiro atoms. The van der Waals surface area contributed by atoms with Gasteiger partial charge in [0.2, 0.25) is 0 Å². The molecule has 3 aromatic carbocycles. The number of hydrogen-bond acceptors (Lipinski definition) is 9. The van der Waals surface area contributed by atoms with Crippen molar-refractivity contribution in [3.8, 4) is 33.8 Å². The van der Waals surface area contributed by atoms with Gasteiger partial charge in [-0.1, -0.05) is 42.0 Å². The van der Waals surface area contributed by atoms with Gasteiger partial charge in [0.25, 0.3) is 21.2 Å². The van der Waals surface area contributed by atoms with E-state index in [0.29, 0.717) is 16.7 Å². The molecule has 0 saturated heterocycles. The van der Waals surface area contributed by atoms with E-state index in [1.807, 2.05) is 0 Å². The van der Waals surface area contributed by atoms with E-state index in [4.69, 9.17) is 0 Å². The van der Waals surface area contributed by atoms with Gasteiger partial charge in [0, 0.05) is 12.4 Å². The first-order valence-corrected chi connectivity index (χ1v) is 21.4. The van der Waals surface area contributed by atoms with Gasteiger partial charge in [-0.15, -0.1) is 0 Å². The number of ether oxygens (including phenoxy) is 1. The van der Waals surface area contributed by atoms with Crippen molar-refractivity contribution in [2.24, 2.45) is 0 Å². The van der Waals surface area contributed by atoms with E-state index in [1.54, 1.807) is 26.8 Å². The second-order valence-electron chi connectivity index (χ2n) is 15.4. The molecule has 0 unspecified atom stereocenters. The summed E-state index contributed by atoms with van der Waals surface area (Å²) >= 11 is 0. The highest BCUT2D eigenvalue weighted by Crippen LogP contribution is 2.39. The number of phenols is 1. The van der Waals surface area contributed by atoms with Crippen LogP contribution in [0, 0.1) is 20.8 Å². The summed E-state index contributed by atoms with van der Waals surface area (Å²) in [4.78, 5) is 32.0. The van der Waals surface area contributed by atoms with Gasteiger partial charge in [0.05, 0.1) is 16.0 Å². The Labute approximate surface area is 399 Å². The maximum absolute atomic E-state index is 13.6. The quantitative estimate of drug-likeness (QED) is 0.110. The lowest BCUT2D eigenvalue weighted by Gasteiger charge is -2.19. The summed E-state index contributed by atoms with van der Waals surface area (Å²) in [6.45, 7) is 0.659. The minimum absolute atomic E-state index is 0.0441. The summed E-state index contributed by atoms with van der Waals surface area (Å²) in [5.74, 6) is -10.9. The largest absolute Gasteiger partial charge is 0.508 e. The number of benzene rings is 3. The van der Waals surface area contributed by atoms with Crippen molar-refractivity contribution in [2.75, 3.05) is 13.2 Å². The Morgan fingerprint density at radius 2 is 0.904 bits per heavy atom. The van der Waals surface area contributed by atoms with Gasteiger partial charge in [-0.2, -0.15) is 78.7 Å². The van der Waals surface area contributed by atoms with Crippen LogP contribution in [0.3, 0.4) is 0 Å². The van der Waals surface area contributed by atoms with Crippen LogP contribution in [0.25, 0.3) is 33.5 Å². The van der Waals surface area contributed by atoms with Crippen LogP contribution in [0.1, 0.15) is 28.1 Å². The minimum Gasteiger partial charge on any atom is -0.508 e. The van der Waals surface area contributed by atoms with Gasteiger partial charge >= 0.3 is 36.6 Å². The highest BCUT2D eigenvalue weighted by atomic mass is 32.2. The van der Waals surface area contributed by atoms with E-state index in [1.165, 1.54) is 67.0 Å². The van der Waals surface area contributed by atoms with E-state index in [0.717, 1.165) is 45.2 Å². The first-order valence-electron chi connectivity index (χ1n) is 20.0. The van der Waals surface area contributed by atoms with E-state index in [9.17, 15) is 93.4 Å². The van der Waals surface area contributed by atoms with Crippen molar-refractivity contribution in [2.45, 2.75) is 62.2 Å². The SMILES string of the molecule is Cc1ccc(S(=O)(=O)OCC(F)(F)C(F)(F)F)cc1.Cc1ccn2c(=O)c(-c3ccc(O)cc3)c(C(F)(F)F)nc2c1.Cc1ccn2c(=O)c(-c3ccc(OCC(F)(F)C(F)(F)F)cc3)c(C(F)(F)F)nc2c1. The number of pyridine rings is 2. The topological polar surface area (TPSA) is 142 Å². The molecular weight excluding hydrogens is 1040 g/mol. The van der Waals surface area contributed by atoms with Crippen molar-refractivity contribution in [3.05, 3.63) is 158 Å². The predicted molar refractivity (Wildman–Crippen MR) is 227 cm³/mol. The number of phenolic OH excluding ortho intramolecular Hbond substituents is 1. The van der Waals surface area contributed by atoms with Crippen molar-refractivity contribution in [1.29, 1.82) is 0 Å². The molecule has 1 N–H and O–H groups in total. The maximum Gasteiger partial charge on any atom is 0.456 e. The average molecular weight is 1080 g/mol. The summed E-state index contributed by atoms with van der Waals surface area (Å²) in [5, 5.41) is 9.28. The van der Waals surface area contributed by atoms with Gasteiger partial charge in [-0.05, 0) is 104 Å². The maximum atomic E-state index is 13.6. The molecule has 4 heterocycles. The highest BCUT2D eigenvalue weighted by Gasteiger charge is 2.59. The van der Waals surface area contributed by atoms with E-state index in [-0.39, 0.29) is 28.2 Å². The smallest absolute Gasteiger partial charge is 0.456 e. The van der Waals surface area contributed by atoms with Crippen LogP contribution in [0.5, 0.6) is 11.5 Å². The third-order valence-corrected chi connectivity index (χ3v) is 11.0. The molecule has 0 aliphatic rings. The van der Waals surface area contributed by atoms with Crippen LogP contribution in [-0.2, 0) is 26.7 Å². The number of fused-ring (bicyclic) bond motifs is 2. The third kappa shape index (κ3) is 13.4. The predicted octanol–water partition coefficient (Wildman–Crippen LogP) is 11.6. The van der Waals surface area contributed by atoms with Crippen LogP contribution in [0.2, 0.25) is 0 Å². The monoisotopic (exact) mass is 1080 g/mol. The molecule has 4 aromatic heterocycles. The van der Waals surface area contributed by atoms with Crippen LogP contribution in [-0.4, -0.2) is 69.7 Å². The molecular formula is C45H32F16N4O7S. The molecule has 0 fully saturated rings. The number of halogens is 16. The number of hydrogen-bond donors (Lipinski definition) is 1. The summed E-state index contributed by atoms with van der Waals surface area (Å²) in [5.41, 5.74) is -4.44. The normalized spacial score (nSPS) is 12.8. The van der Waals surface area contributed by atoms with Gasteiger partial charge in [-0.25, -0.2) is 9.97 Å². The molecule has 7 rings (SSSR count). The molecule has 28 heteroatoms. The molecule has 0 saturated carbocycles. The first kappa shape index (κ1) is 56.7. The third-order valence-electron chi connectivity index (χ3n) is 9.76. The van der Waals surface area contributed by atoms with Crippen molar-refractivity contribution >= 4 is 21.4 Å². The molecule has 73 heavy (non-hydrogen) atoms. The molecule has 0 amide bonds. The highest BCUT2D eigenvalue weighted by molar-refractivity contribution is 7.86. The molecule has 7 aromatic rings. The lowest BCUT2D eigenvalue weighted by Crippen LogP contribution is -2.41. The van der Waals surface area contributed by atoms with Crippen molar-refractivity contribution in [1.82, 2.24) is 18.8 Å². The molecule has 392 valence electrons. The Bertz CT molecular complexity index is 3340. The second kappa shape index (κ2) is 20.7. The van der Waals surface area contributed by atoms with Crippen LogP contribution in [0.4, 0.5) is 70.2 Å². The van der Waals surface area contributed by atoms with Crippen molar-refractivity contribution in [3.63, 3.8) is 0 Å². The van der Waals surface area contributed by atoms with Crippen LogP contribution < -0.4 is 15.9 Å². The number of alkyl halides is 16. The summed E-state index contributed by atoms with van der Waals surface area (Å²) < 4.78 is 237. The lowest BCUT2D eigenvalue weighted by molar-refractivity contribution is -0.290. The Balaban J connectivity index is 0.000000210. The van der Waals surface area contributed by atoms with Crippen molar-refractivity contribution < 1.29 is 92.7 Å². The molecule has 0 radical (unpaired) electrons. The fourth-order valence-electron chi connectivity index (χ4n) is 6.02. The number of rotatable bonds is 9. The Kier molecular flexibility index (Phi) is 16.1. The molecule has 0 atom stereocenters. The lowest BCUT2D eigenvalue weighted by atomic mass is 10.0. The fraction of sp³-hybridized carbons (Fsp3) is 0.244. The Morgan fingerprint density at radius 3 is 1.29 bits per heavy atom. The standard InChI is InChI=1S/C19H12F8N2O2.C16H11F3N2O2.C10H9F5O3S/c1-10-6-7-29-13(8-10)28-15(18(22,23)24)14(16(29)30)11-2-4-12(5-3-11)31-9-17(20,21)19(25,26)27;1-9-6-7-21-12(8-9)20-14(16(17,18)19)13(15(21)23)10-2-4-11(22)5-3-10;1-7-2-4-8(5-3-7)19(16,17)18-6-9(11,12)10(13,14)15/h2-8H,9H2,1H3;2-8,22H,1H3;2-5H,6H2,1H3. The molecule has 0 aliphatic heterocycles. The number of aromatic hydroxyl groups is 1. The number of nitrogens with zero attached hydrogens (tertiary/aromatic N) is 4. The van der Waals surface area contributed by atoms with Gasteiger partial charge in [-0.3, -0.25) is 22.6 Å². The Morgan fingerprint density at radius 1 is 0.521 bits per heavy atom. The minimum atomic E-state index is -5.87. The second-order valence-corrected chi connectivity index (χ2v) is 17.1. The van der Waals surface area contributed by atoms with Crippen LogP contribution in [0.15, 0.2) is 124 Å².